The zero-order chi connectivity index (χ0) is 17.0. The minimum Gasteiger partial charge on any atom is -0.493 e. The Hall–Kier alpha value is -1.99. The van der Waals surface area contributed by atoms with Crippen molar-refractivity contribution in [2.45, 2.75) is 13.8 Å². The van der Waals surface area contributed by atoms with Gasteiger partial charge in [-0.1, -0.05) is 11.6 Å². The molecule has 23 heavy (non-hydrogen) atoms. The maximum Gasteiger partial charge on any atom is 0.286 e. The largest absolute Gasteiger partial charge is 0.493 e. The molecule has 0 saturated heterocycles. The van der Waals surface area contributed by atoms with E-state index in [1.807, 2.05) is 6.92 Å². The predicted octanol–water partition coefficient (Wildman–Crippen LogP) is 2.85. The number of thioether (sulfide) groups is 1. The van der Waals surface area contributed by atoms with Gasteiger partial charge >= 0.3 is 0 Å². The Labute approximate surface area is 142 Å². The number of rotatable bonds is 4. The van der Waals surface area contributed by atoms with Crippen LogP contribution in [0.1, 0.15) is 19.4 Å². The standard InChI is InChI=1S/C15H15ClN2O4S/c1-4-22-13-10(16)5-9(6-11(13)21-3)7-12-14(20)18-15(23-12)17-8(2)19/h5-7H,4H2,1-3H3,(H,17,18,19,20). The van der Waals surface area contributed by atoms with E-state index in [0.29, 0.717) is 33.6 Å². The lowest BCUT2D eigenvalue weighted by Gasteiger charge is -2.12. The molecule has 1 heterocycles. The van der Waals surface area contributed by atoms with E-state index in [1.54, 1.807) is 18.2 Å². The van der Waals surface area contributed by atoms with Crippen LogP contribution in [0, 0.1) is 0 Å². The highest BCUT2D eigenvalue weighted by atomic mass is 35.5. The van der Waals surface area contributed by atoms with Crippen molar-refractivity contribution < 1.29 is 19.1 Å². The van der Waals surface area contributed by atoms with Gasteiger partial charge in [0.2, 0.25) is 5.91 Å². The molecule has 1 N–H and O–H groups in total. The van der Waals surface area contributed by atoms with Gasteiger partial charge < -0.3 is 14.8 Å². The first-order valence-electron chi connectivity index (χ1n) is 6.75. The minimum atomic E-state index is -0.414. The molecule has 2 amide bonds. The van der Waals surface area contributed by atoms with Gasteiger partial charge in [0, 0.05) is 6.92 Å². The van der Waals surface area contributed by atoms with Crippen LogP contribution in [0.2, 0.25) is 5.02 Å². The molecule has 1 aliphatic heterocycles. The molecule has 0 atom stereocenters. The summed E-state index contributed by atoms with van der Waals surface area (Å²) >= 11 is 7.29. The quantitative estimate of drug-likeness (QED) is 0.841. The van der Waals surface area contributed by atoms with Crippen molar-refractivity contribution in [1.29, 1.82) is 0 Å². The molecule has 0 spiro atoms. The van der Waals surface area contributed by atoms with Crippen molar-refractivity contribution in [1.82, 2.24) is 5.32 Å². The second-order valence-electron chi connectivity index (χ2n) is 4.48. The molecule has 0 bridgehead atoms. The fraction of sp³-hybridized carbons (Fsp3) is 0.267. The summed E-state index contributed by atoms with van der Waals surface area (Å²) in [7, 11) is 1.51. The molecule has 0 saturated carbocycles. The van der Waals surface area contributed by atoms with Crippen molar-refractivity contribution >= 4 is 46.4 Å². The number of aliphatic imine (C=N–C) groups is 1. The number of nitrogens with one attached hydrogen (secondary N) is 1. The number of nitrogens with zero attached hydrogens (tertiary/aromatic N) is 1. The highest BCUT2D eigenvalue weighted by molar-refractivity contribution is 8.18. The van der Waals surface area contributed by atoms with Crippen molar-refractivity contribution in [2.75, 3.05) is 13.7 Å². The topological polar surface area (TPSA) is 77.0 Å². The molecule has 2 rings (SSSR count). The van der Waals surface area contributed by atoms with Crippen molar-refractivity contribution in [3.05, 3.63) is 27.6 Å². The van der Waals surface area contributed by atoms with Gasteiger partial charge in [0.05, 0.1) is 23.6 Å². The summed E-state index contributed by atoms with van der Waals surface area (Å²) in [5.41, 5.74) is 0.672. The van der Waals surface area contributed by atoms with E-state index in [9.17, 15) is 9.59 Å². The van der Waals surface area contributed by atoms with Crippen LogP contribution in [-0.2, 0) is 9.59 Å². The van der Waals surface area contributed by atoms with Crippen LogP contribution in [-0.4, -0.2) is 30.7 Å². The first kappa shape index (κ1) is 17.4. The molecule has 1 aliphatic rings. The van der Waals surface area contributed by atoms with Crippen LogP contribution < -0.4 is 14.8 Å². The van der Waals surface area contributed by atoms with Crippen LogP contribution >= 0.6 is 23.4 Å². The summed E-state index contributed by atoms with van der Waals surface area (Å²) in [6.07, 6.45) is 1.63. The average Bonchev–Trinajstić information content (AvgIpc) is 2.80. The van der Waals surface area contributed by atoms with Crippen LogP contribution in [0.25, 0.3) is 6.08 Å². The lowest BCUT2D eigenvalue weighted by Crippen LogP contribution is -2.23. The smallest absolute Gasteiger partial charge is 0.286 e. The Bertz CT molecular complexity index is 716. The van der Waals surface area contributed by atoms with E-state index in [2.05, 4.69) is 10.3 Å². The number of ether oxygens (including phenoxy) is 2. The Morgan fingerprint density at radius 2 is 2.22 bits per heavy atom. The number of amidine groups is 1. The number of methoxy groups -OCH3 is 1. The summed E-state index contributed by atoms with van der Waals surface area (Å²) in [6, 6.07) is 3.39. The highest BCUT2D eigenvalue weighted by Gasteiger charge is 2.23. The van der Waals surface area contributed by atoms with E-state index in [4.69, 9.17) is 21.1 Å². The molecule has 1 aromatic carbocycles. The molecule has 6 nitrogen and oxygen atoms in total. The van der Waals surface area contributed by atoms with Gasteiger partial charge in [0.1, 0.15) is 0 Å². The lowest BCUT2D eigenvalue weighted by atomic mass is 10.2. The average molecular weight is 355 g/mol. The Balaban J connectivity index is 2.28. The van der Waals surface area contributed by atoms with Crippen LogP contribution in [0.5, 0.6) is 11.5 Å². The molecule has 0 radical (unpaired) electrons. The number of halogens is 1. The van der Waals surface area contributed by atoms with Gasteiger partial charge in [-0.05, 0) is 42.5 Å². The molecule has 0 unspecified atom stereocenters. The first-order chi connectivity index (χ1) is 10.9. The molecular weight excluding hydrogens is 340 g/mol. The van der Waals surface area contributed by atoms with Crippen LogP contribution in [0.3, 0.4) is 0 Å². The van der Waals surface area contributed by atoms with E-state index >= 15 is 0 Å². The molecule has 0 aromatic heterocycles. The lowest BCUT2D eigenvalue weighted by molar-refractivity contribution is -0.117. The second kappa shape index (κ2) is 7.52. The molecule has 0 aliphatic carbocycles. The number of hydrogen-bond donors (Lipinski definition) is 1. The summed E-state index contributed by atoms with van der Waals surface area (Å²) < 4.78 is 10.7. The third-order valence-electron chi connectivity index (χ3n) is 2.74. The fourth-order valence-corrected chi connectivity index (χ4v) is 3.01. The zero-order valence-electron chi connectivity index (χ0n) is 12.8. The van der Waals surface area contributed by atoms with Crippen molar-refractivity contribution in [3.8, 4) is 11.5 Å². The van der Waals surface area contributed by atoms with E-state index in [1.165, 1.54) is 14.0 Å². The molecule has 8 heteroatoms. The fourth-order valence-electron chi connectivity index (χ4n) is 1.87. The Morgan fingerprint density at radius 3 is 2.83 bits per heavy atom. The molecule has 0 fully saturated rings. The van der Waals surface area contributed by atoms with Crippen LogP contribution in [0.4, 0.5) is 0 Å². The van der Waals surface area contributed by atoms with E-state index < -0.39 is 5.91 Å². The second-order valence-corrected chi connectivity index (χ2v) is 5.92. The van der Waals surface area contributed by atoms with Crippen molar-refractivity contribution in [3.63, 3.8) is 0 Å². The van der Waals surface area contributed by atoms with E-state index in [0.717, 1.165) is 11.8 Å². The molecular formula is C15H15ClN2O4S. The summed E-state index contributed by atoms with van der Waals surface area (Å²) in [4.78, 5) is 27.0. The summed E-state index contributed by atoms with van der Waals surface area (Å²) in [5.74, 6) is 0.239. The van der Waals surface area contributed by atoms with Gasteiger partial charge in [0.15, 0.2) is 16.7 Å². The summed E-state index contributed by atoms with van der Waals surface area (Å²) in [5, 5.41) is 3.14. The van der Waals surface area contributed by atoms with Gasteiger partial charge in [-0.25, -0.2) is 0 Å². The van der Waals surface area contributed by atoms with Crippen LogP contribution in [0.15, 0.2) is 22.0 Å². The highest BCUT2D eigenvalue weighted by Crippen LogP contribution is 2.38. The molecule has 122 valence electrons. The number of carbonyl (C=O) groups is 2. The maximum absolute atomic E-state index is 11.9. The predicted molar refractivity (Wildman–Crippen MR) is 91.0 cm³/mol. The van der Waals surface area contributed by atoms with Gasteiger partial charge in [-0.3, -0.25) is 9.59 Å². The maximum atomic E-state index is 11.9. The van der Waals surface area contributed by atoms with E-state index in [-0.39, 0.29) is 11.1 Å². The number of hydrogen-bond acceptors (Lipinski definition) is 5. The normalized spacial score (nSPS) is 15.6. The first-order valence-corrected chi connectivity index (χ1v) is 7.94. The number of benzene rings is 1. The minimum absolute atomic E-state index is 0.262. The van der Waals surface area contributed by atoms with Gasteiger partial charge in [-0.2, -0.15) is 4.99 Å². The number of amides is 2. The van der Waals surface area contributed by atoms with Gasteiger partial charge in [-0.15, -0.1) is 0 Å². The molecule has 1 aromatic rings. The number of carbonyl (C=O) groups excluding carboxylic acids is 2. The monoisotopic (exact) mass is 354 g/mol. The Kier molecular flexibility index (Phi) is 5.68. The Morgan fingerprint density at radius 1 is 1.48 bits per heavy atom. The van der Waals surface area contributed by atoms with Gasteiger partial charge in [0.25, 0.3) is 5.91 Å². The van der Waals surface area contributed by atoms with Crippen molar-refractivity contribution in [2.24, 2.45) is 4.99 Å². The SMILES string of the molecule is CCOc1c(Cl)cc(C=C2SC(NC(C)=O)=NC2=O)cc1OC. The zero-order valence-corrected chi connectivity index (χ0v) is 14.4. The third-order valence-corrected chi connectivity index (χ3v) is 3.92. The summed E-state index contributed by atoms with van der Waals surface area (Å²) in [6.45, 7) is 3.66. The third kappa shape index (κ3) is 4.27.